The number of para-hydroxylation sites is 2. The topological polar surface area (TPSA) is 62.3 Å². The maximum absolute atomic E-state index is 5.32. The number of ether oxygens (including phenoxy) is 1. The van der Waals surface area contributed by atoms with E-state index in [1.165, 1.54) is 0 Å². The minimum atomic E-state index is -0.288. The number of rotatable bonds is 10. The Kier molecular flexibility index (Phi) is 8.24. The number of nitrogens with one attached hydrogen (secondary N) is 2. The number of methoxy groups -OCH3 is 1. The highest BCUT2D eigenvalue weighted by atomic mass is 16.5. The van der Waals surface area contributed by atoms with Gasteiger partial charge in [-0.1, -0.05) is 37.8 Å². The summed E-state index contributed by atoms with van der Waals surface area (Å²) in [6.45, 7) is 7.90. The molecule has 0 bridgehead atoms. The van der Waals surface area contributed by atoms with E-state index in [1.54, 1.807) is 19.4 Å². The molecule has 0 fully saturated rings. The first kappa shape index (κ1) is 21.2. The zero-order valence-corrected chi connectivity index (χ0v) is 17.0. The molecule has 0 saturated heterocycles. The van der Waals surface area contributed by atoms with Crippen LogP contribution in [-0.4, -0.2) is 30.4 Å². The lowest BCUT2D eigenvalue weighted by Crippen LogP contribution is -2.19. The molecule has 1 aromatic heterocycles. The number of benzene rings is 1. The predicted octanol–water partition coefficient (Wildman–Crippen LogP) is 5.10. The zero-order valence-electron chi connectivity index (χ0n) is 17.0. The van der Waals surface area contributed by atoms with Crippen LogP contribution in [-0.2, 0) is 4.74 Å². The third-order valence-corrected chi connectivity index (χ3v) is 4.13. The summed E-state index contributed by atoms with van der Waals surface area (Å²) in [5, 5.41) is 6.55. The van der Waals surface area contributed by atoms with Crippen molar-refractivity contribution in [1.29, 1.82) is 0 Å². The van der Waals surface area contributed by atoms with E-state index in [1.807, 2.05) is 49.2 Å². The predicted molar refractivity (Wildman–Crippen MR) is 118 cm³/mol. The minimum absolute atomic E-state index is 0.288. The third kappa shape index (κ3) is 5.69. The normalized spacial score (nSPS) is 12.6. The summed E-state index contributed by atoms with van der Waals surface area (Å²) in [4.78, 5) is 11.0. The largest absolute Gasteiger partial charge is 0.358 e. The van der Waals surface area contributed by atoms with Gasteiger partial charge in [0.1, 0.15) is 12.0 Å². The molecule has 1 aromatic carbocycles. The fourth-order valence-corrected chi connectivity index (χ4v) is 2.57. The second kappa shape index (κ2) is 10.9. The highest BCUT2D eigenvalue weighted by Crippen LogP contribution is 2.25. The van der Waals surface area contributed by atoms with Gasteiger partial charge in [-0.2, -0.15) is 4.98 Å². The van der Waals surface area contributed by atoms with Gasteiger partial charge in [0.15, 0.2) is 0 Å². The molecule has 2 rings (SSSR count). The van der Waals surface area contributed by atoms with Gasteiger partial charge >= 0.3 is 0 Å². The van der Waals surface area contributed by atoms with Crippen LogP contribution in [0.2, 0.25) is 0 Å². The van der Waals surface area contributed by atoms with Crippen LogP contribution in [0.1, 0.15) is 20.3 Å². The molecular formula is C22H29N5O. The molecule has 0 spiro atoms. The second-order valence-corrected chi connectivity index (χ2v) is 6.03. The van der Waals surface area contributed by atoms with Crippen molar-refractivity contribution in [2.75, 3.05) is 29.7 Å². The summed E-state index contributed by atoms with van der Waals surface area (Å²) < 4.78 is 5.32. The fourth-order valence-electron chi connectivity index (χ4n) is 2.57. The van der Waals surface area contributed by atoms with E-state index in [0.29, 0.717) is 5.95 Å². The van der Waals surface area contributed by atoms with Gasteiger partial charge in [0.25, 0.3) is 0 Å². The van der Waals surface area contributed by atoms with Gasteiger partial charge < -0.3 is 20.3 Å². The van der Waals surface area contributed by atoms with Crippen molar-refractivity contribution in [3.63, 3.8) is 0 Å². The Morgan fingerprint density at radius 2 is 2.04 bits per heavy atom. The molecule has 2 aromatic rings. The highest BCUT2D eigenvalue weighted by molar-refractivity contribution is 5.73. The van der Waals surface area contributed by atoms with Crippen LogP contribution in [0.25, 0.3) is 0 Å². The molecule has 0 saturated carbocycles. The summed E-state index contributed by atoms with van der Waals surface area (Å²) in [7, 11) is 3.62. The number of aromatic nitrogens is 2. The van der Waals surface area contributed by atoms with E-state index in [2.05, 4.69) is 52.3 Å². The third-order valence-electron chi connectivity index (χ3n) is 4.13. The van der Waals surface area contributed by atoms with Crippen molar-refractivity contribution in [1.82, 2.24) is 9.97 Å². The molecule has 0 amide bonds. The van der Waals surface area contributed by atoms with Gasteiger partial charge in [-0.15, -0.1) is 0 Å². The van der Waals surface area contributed by atoms with Crippen LogP contribution in [0.3, 0.4) is 0 Å². The zero-order chi connectivity index (χ0) is 20.4. The molecule has 1 unspecified atom stereocenters. The molecule has 1 heterocycles. The molecule has 0 aliphatic rings. The van der Waals surface area contributed by atoms with E-state index < -0.39 is 0 Å². The van der Waals surface area contributed by atoms with Crippen LogP contribution in [0.4, 0.5) is 23.1 Å². The van der Waals surface area contributed by atoms with Crippen LogP contribution in [0, 0.1) is 0 Å². The number of hydrogen-bond acceptors (Lipinski definition) is 6. The first-order valence-corrected chi connectivity index (χ1v) is 9.30. The van der Waals surface area contributed by atoms with Gasteiger partial charge in [0, 0.05) is 26.1 Å². The second-order valence-electron chi connectivity index (χ2n) is 6.03. The Hall–Kier alpha value is -3.12. The number of anilines is 4. The molecule has 6 heteroatoms. The molecule has 2 N–H and O–H groups in total. The molecule has 1 atom stereocenters. The molecular weight excluding hydrogens is 350 g/mol. The lowest BCUT2D eigenvalue weighted by Gasteiger charge is -2.20. The standard InChI is InChI=1S/C22H29N5O/c1-6-9-12-17(7-2)27(4)20-15-16-23-22(26-20)25-19-14-11-10-13-18(19)24-21(8-3)28-5/h7-16,21,24H,3,6H2,1-2,4-5H3,(H,23,25,26). The van der Waals surface area contributed by atoms with Crippen LogP contribution >= 0.6 is 0 Å². The molecule has 0 radical (unpaired) electrons. The van der Waals surface area contributed by atoms with Gasteiger partial charge in [-0.25, -0.2) is 4.98 Å². The van der Waals surface area contributed by atoms with Gasteiger partial charge in [-0.05, 0) is 43.7 Å². The molecule has 0 aliphatic heterocycles. The van der Waals surface area contributed by atoms with Gasteiger partial charge in [0.2, 0.25) is 5.95 Å². The lowest BCUT2D eigenvalue weighted by atomic mass is 10.2. The van der Waals surface area contributed by atoms with E-state index in [4.69, 9.17) is 4.74 Å². The van der Waals surface area contributed by atoms with Crippen molar-refractivity contribution in [2.24, 2.45) is 0 Å². The fraction of sp³-hybridized carbons (Fsp3) is 0.273. The molecule has 6 nitrogen and oxygen atoms in total. The maximum Gasteiger partial charge on any atom is 0.229 e. The van der Waals surface area contributed by atoms with Crippen LogP contribution < -0.4 is 15.5 Å². The Morgan fingerprint density at radius 1 is 1.29 bits per heavy atom. The summed E-state index contributed by atoms with van der Waals surface area (Å²) in [6.07, 6.45) is 10.4. The average molecular weight is 380 g/mol. The number of hydrogen-bond donors (Lipinski definition) is 2. The summed E-state index contributed by atoms with van der Waals surface area (Å²) in [5.41, 5.74) is 2.79. The summed E-state index contributed by atoms with van der Waals surface area (Å²) >= 11 is 0. The van der Waals surface area contributed by atoms with Crippen LogP contribution in [0.15, 0.2) is 73.1 Å². The Labute approximate surface area is 167 Å². The van der Waals surface area contributed by atoms with Gasteiger partial charge in [0.05, 0.1) is 11.4 Å². The maximum atomic E-state index is 5.32. The summed E-state index contributed by atoms with van der Waals surface area (Å²) in [6, 6.07) is 9.71. The van der Waals surface area contributed by atoms with Crippen molar-refractivity contribution >= 4 is 23.1 Å². The summed E-state index contributed by atoms with van der Waals surface area (Å²) in [5.74, 6) is 1.32. The van der Waals surface area contributed by atoms with Gasteiger partial charge in [-0.3, -0.25) is 0 Å². The van der Waals surface area contributed by atoms with E-state index in [9.17, 15) is 0 Å². The van der Waals surface area contributed by atoms with E-state index in [-0.39, 0.29) is 6.23 Å². The van der Waals surface area contributed by atoms with Crippen molar-refractivity contribution < 1.29 is 4.74 Å². The van der Waals surface area contributed by atoms with Crippen molar-refractivity contribution in [3.05, 3.63) is 73.1 Å². The SMILES string of the molecule is C=CC(Nc1ccccc1Nc1nccc(N(C)C(C=CCC)=CC)n1)OC. The van der Waals surface area contributed by atoms with Crippen LogP contribution in [0.5, 0.6) is 0 Å². The van der Waals surface area contributed by atoms with E-state index in [0.717, 1.165) is 29.3 Å². The van der Waals surface area contributed by atoms with E-state index >= 15 is 0 Å². The molecule has 148 valence electrons. The molecule has 0 aliphatic carbocycles. The lowest BCUT2D eigenvalue weighted by molar-refractivity contribution is 0.163. The number of allylic oxidation sites excluding steroid dienone is 3. The average Bonchev–Trinajstić information content (AvgIpc) is 2.73. The molecule has 28 heavy (non-hydrogen) atoms. The Balaban J connectivity index is 2.24. The Morgan fingerprint density at radius 3 is 2.68 bits per heavy atom. The first-order valence-electron chi connectivity index (χ1n) is 9.30. The number of likely N-dealkylation sites (N-methyl/N-ethyl adjacent to an activating group) is 1. The monoisotopic (exact) mass is 379 g/mol. The highest BCUT2D eigenvalue weighted by Gasteiger charge is 2.10. The smallest absolute Gasteiger partial charge is 0.229 e. The number of nitrogens with zero attached hydrogens (tertiary/aromatic N) is 3. The minimum Gasteiger partial charge on any atom is -0.358 e. The van der Waals surface area contributed by atoms with Crippen molar-refractivity contribution in [3.8, 4) is 0 Å². The van der Waals surface area contributed by atoms with Crippen molar-refractivity contribution in [2.45, 2.75) is 26.5 Å². The first-order chi connectivity index (χ1) is 13.6. The quantitative estimate of drug-likeness (QED) is 0.340. The Bertz CT molecular complexity index is 831.